The maximum Gasteiger partial charge on any atom is 0.199 e. The Bertz CT molecular complexity index is 838. The number of benzene rings is 2. The zero-order chi connectivity index (χ0) is 15.0. The molecule has 1 heterocycles. The Balaban J connectivity index is 2.28. The molecule has 0 saturated carbocycles. The lowest BCUT2D eigenvalue weighted by molar-refractivity contribution is 0.103. The van der Waals surface area contributed by atoms with E-state index in [1.54, 1.807) is 37.3 Å². The van der Waals surface area contributed by atoms with Crippen LogP contribution in [0.2, 0.25) is 0 Å². The van der Waals surface area contributed by atoms with Gasteiger partial charge in [0.05, 0.1) is 11.1 Å². The summed E-state index contributed by atoms with van der Waals surface area (Å²) < 4.78 is 27.6. The molecule has 0 aliphatic carbocycles. The lowest BCUT2D eigenvalue weighted by Gasteiger charge is -2.08. The molecule has 0 bridgehead atoms. The van der Waals surface area contributed by atoms with Gasteiger partial charge < -0.3 is 0 Å². The number of halogens is 2. The molecule has 3 rings (SSSR count). The number of nitrogens with zero attached hydrogens (tertiary/aromatic N) is 1. The van der Waals surface area contributed by atoms with Crippen LogP contribution < -0.4 is 0 Å². The van der Waals surface area contributed by atoms with E-state index < -0.39 is 23.0 Å². The van der Waals surface area contributed by atoms with Crippen molar-refractivity contribution in [2.45, 2.75) is 6.92 Å². The molecule has 0 N–H and O–H groups in total. The molecular weight excluding hydrogens is 272 g/mol. The molecule has 3 aromatic rings. The summed E-state index contributed by atoms with van der Waals surface area (Å²) >= 11 is 0. The maximum atomic E-state index is 13.8. The van der Waals surface area contributed by atoms with Crippen LogP contribution in [0.1, 0.15) is 21.6 Å². The van der Waals surface area contributed by atoms with Crippen molar-refractivity contribution in [1.82, 2.24) is 4.98 Å². The molecule has 0 aliphatic heterocycles. The monoisotopic (exact) mass is 283 g/mol. The summed E-state index contributed by atoms with van der Waals surface area (Å²) in [5.74, 6) is -2.40. The minimum Gasteiger partial charge on any atom is -0.288 e. The Kier molecular flexibility index (Phi) is 3.22. The van der Waals surface area contributed by atoms with E-state index in [0.29, 0.717) is 16.6 Å². The van der Waals surface area contributed by atoms with E-state index in [0.717, 1.165) is 12.1 Å². The highest BCUT2D eigenvalue weighted by Gasteiger charge is 2.21. The van der Waals surface area contributed by atoms with Gasteiger partial charge in [0.25, 0.3) is 0 Å². The number of aryl methyl sites for hydroxylation is 1. The number of carbonyl (C=O) groups excluding carboxylic acids is 1. The fourth-order valence-corrected chi connectivity index (χ4v) is 2.35. The highest BCUT2D eigenvalue weighted by atomic mass is 19.1. The molecule has 0 amide bonds. The molecule has 0 aliphatic rings. The van der Waals surface area contributed by atoms with Gasteiger partial charge in [0.2, 0.25) is 0 Å². The van der Waals surface area contributed by atoms with Crippen LogP contribution in [0.4, 0.5) is 8.78 Å². The van der Waals surface area contributed by atoms with Gasteiger partial charge in [-0.2, -0.15) is 0 Å². The number of para-hydroxylation sites is 1. The van der Waals surface area contributed by atoms with Crippen molar-refractivity contribution in [1.29, 1.82) is 0 Å². The summed E-state index contributed by atoms with van der Waals surface area (Å²) in [5, 5.41) is 0.579. The van der Waals surface area contributed by atoms with Crippen molar-refractivity contribution in [3.8, 4) is 0 Å². The van der Waals surface area contributed by atoms with E-state index >= 15 is 0 Å². The topological polar surface area (TPSA) is 30.0 Å². The van der Waals surface area contributed by atoms with E-state index in [4.69, 9.17) is 0 Å². The lowest BCUT2D eigenvalue weighted by atomic mass is 9.98. The van der Waals surface area contributed by atoms with Gasteiger partial charge in [0, 0.05) is 16.6 Å². The quantitative estimate of drug-likeness (QED) is 0.664. The average molecular weight is 283 g/mol. The van der Waals surface area contributed by atoms with Gasteiger partial charge in [0.1, 0.15) is 11.6 Å². The normalized spacial score (nSPS) is 10.8. The van der Waals surface area contributed by atoms with E-state index in [1.807, 2.05) is 0 Å². The molecule has 21 heavy (non-hydrogen) atoms. The van der Waals surface area contributed by atoms with Crippen LogP contribution >= 0.6 is 0 Å². The summed E-state index contributed by atoms with van der Waals surface area (Å²) in [5.41, 5.74) is 0.960. The fraction of sp³-hybridized carbons (Fsp3) is 0.0588. The second-order valence-electron chi connectivity index (χ2n) is 4.75. The highest BCUT2D eigenvalue weighted by molar-refractivity contribution is 6.16. The van der Waals surface area contributed by atoms with Gasteiger partial charge in [-0.05, 0) is 31.2 Å². The third-order valence-electron chi connectivity index (χ3n) is 3.28. The molecule has 2 aromatic carbocycles. The van der Waals surface area contributed by atoms with Crippen molar-refractivity contribution < 1.29 is 13.6 Å². The zero-order valence-electron chi connectivity index (χ0n) is 11.2. The first kappa shape index (κ1) is 13.4. The molecule has 0 atom stereocenters. The minimum absolute atomic E-state index is 0.252. The Morgan fingerprint density at radius 3 is 2.38 bits per heavy atom. The third-order valence-corrected chi connectivity index (χ3v) is 3.28. The number of hydrogen-bond acceptors (Lipinski definition) is 2. The molecule has 0 fully saturated rings. The molecule has 0 radical (unpaired) electrons. The molecule has 1 aromatic heterocycles. The van der Waals surface area contributed by atoms with Crippen LogP contribution in [0, 0.1) is 18.6 Å². The summed E-state index contributed by atoms with van der Waals surface area (Å²) in [4.78, 5) is 16.9. The third kappa shape index (κ3) is 2.29. The smallest absolute Gasteiger partial charge is 0.199 e. The molecular formula is C17H11F2NO. The molecule has 0 spiro atoms. The SMILES string of the molecule is Cc1cc(C(=O)c2c(F)cccc2F)c2ccccc2n1. The van der Waals surface area contributed by atoms with Crippen LogP contribution in [-0.4, -0.2) is 10.8 Å². The summed E-state index contributed by atoms with van der Waals surface area (Å²) in [6.45, 7) is 1.74. The second-order valence-corrected chi connectivity index (χ2v) is 4.75. The second kappa shape index (κ2) is 5.05. The van der Waals surface area contributed by atoms with Crippen molar-refractivity contribution in [3.63, 3.8) is 0 Å². The van der Waals surface area contributed by atoms with Gasteiger partial charge >= 0.3 is 0 Å². The number of carbonyl (C=O) groups is 1. The van der Waals surface area contributed by atoms with Crippen molar-refractivity contribution in [3.05, 3.63) is 77.0 Å². The Hall–Kier alpha value is -2.62. The van der Waals surface area contributed by atoms with Crippen LogP contribution in [0.15, 0.2) is 48.5 Å². The van der Waals surface area contributed by atoms with Gasteiger partial charge in [-0.3, -0.25) is 9.78 Å². The number of ketones is 1. The predicted octanol–water partition coefficient (Wildman–Crippen LogP) is 4.05. The standard InChI is InChI=1S/C17H11F2NO/c1-10-9-12(11-5-2-3-8-15(11)20-10)17(21)16-13(18)6-4-7-14(16)19/h2-9H,1H3. The van der Waals surface area contributed by atoms with Crippen LogP contribution in [0.25, 0.3) is 10.9 Å². The molecule has 0 saturated heterocycles. The first-order chi connectivity index (χ1) is 10.1. The largest absolute Gasteiger partial charge is 0.288 e. The first-order valence-corrected chi connectivity index (χ1v) is 6.43. The molecule has 0 unspecified atom stereocenters. The summed E-state index contributed by atoms with van der Waals surface area (Å²) in [6, 6.07) is 12.0. The minimum atomic E-state index is -0.862. The first-order valence-electron chi connectivity index (χ1n) is 6.43. The van der Waals surface area contributed by atoms with E-state index in [-0.39, 0.29) is 5.56 Å². The zero-order valence-corrected chi connectivity index (χ0v) is 11.2. The maximum absolute atomic E-state index is 13.8. The number of pyridine rings is 1. The Labute approximate surface area is 120 Å². The number of rotatable bonds is 2. The van der Waals surface area contributed by atoms with E-state index in [2.05, 4.69) is 4.98 Å². The fourth-order valence-electron chi connectivity index (χ4n) is 2.35. The van der Waals surface area contributed by atoms with Crippen LogP contribution in [-0.2, 0) is 0 Å². The Morgan fingerprint density at radius 2 is 1.67 bits per heavy atom. The van der Waals surface area contributed by atoms with Gasteiger partial charge in [-0.25, -0.2) is 8.78 Å². The lowest BCUT2D eigenvalue weighted by Crippen LogP contribution is -2.09. The molecule has 2 nitrogen and oxygen atoms in total. The molecule has 104 valence electrons. The average Bonchev–Trinajstić information content (AvgIpc) is 2.46. The van der Waals surface area contributed by atoms with Crippen molar-refractivity contribution in [2.24, 2.45) is 0 Å². The summed E-state index contributed by atoms with van der Waals surface area (Å²) in [6.07, 6.45) is 0. The van der Waals surface area contributed by atoms with Gasteiger partial charge in [0.15, 0.2) is 5.78 Å². The predicted molar refractivity (Wildman–Crippen MR) is 76.3 cm³/mol. The number of aromatic nitrogens is 1. The van der Waals surface area contributed by atoms with E-state index in [1.165, 1.54) is 6.07 Å². The Morgan fingerprint density at radius 1 is 1.00 bits per heavy atom. The van der Waals surface area contributed by atoms with Crippen molar-refractivity contribution in [2.75, 3.05) is 0 Å². The highest BCUT2D eigenvalue weighted by Crippen LogP contribution is 2.23. The van der Waals surface area contributed by atoms with Crippen molar-refractivity contribution >= 4 is 16.7 Å². The molecule has 4 heteroatoms. The number of fused-ring (bicyclic) bond motifs is 1. The van der Waals surface area contributed by atoms with Crippen LogP contribution in [0.5, 0.6) is 0 Å². The number of hydrogen-bond donors (Lipinski definition) is 0. The van der Waals surface area contributed by atoms with Gasteiger partial charge in [-0.15, -0.1) is 0 Å². The summed E-state index contributed by atoms with van der Waals surface area (Å²) in [7, 11) is 0. The van der Waals surface area contributed by atoms with Gasteiger partial charge in [-0.1, -0.05) is 24.3 Å². The van der Waals surface area contributed by atoms with Crippen LogP contribution in [0.3, 0.4) is 0 Å². The van der Waals surface area contributed by atoms with E-state index in [9.17, 15) is 13.6 Å².